The molecule has 3 saturated heterocycles. The van der Waals surface area contributed by atoms with E-state index >= 15 is 0 Å². The van der Waals surface area contributed by atoms with Gasteiger partial charge in [0.2, 0.25) is 0 Å². The van der Waals surface area contributed by atoms with Crippen LogP contribution in [0, 0.1) is 0 Å². The molecule has 0 spiro atoms. The number of ether oxygens (including phenoxy) is 10. The lowest BCUT2D eigenvalue weighted by atomic mass is 9.95. The van der Waals surface area contributed by atoms with Crippen LogP contribution in [0.1, 0.15) is 33.3 Å². The fourth-order valence-corrected chi connectivity index (χ4v) is 6.86. The number of carbonyl (C=O) groups is 2. The molecule has 3 aliphatic rings. The van der Waals surface area contributed by atoms with Crippen molar-refractivity contribution in [2.45, 2.75) is 80.9 Å². The first-order chi connectivity index (χ1) is 28.4. The first kappa shape index (κ1) is 41.2. The third kappa shape index (κ3) is 10.3. The number of rotatable bonds is 15. The molecule has 58 heavy (non-hydrogen) atoms. The van der Waals surface area contributed by atoms with Gasteiger partial charge in [-0.1, -0.05) is 122 Å². The molecule has 0 aliphatic carbocycles. The van der Waals surface area contributed by atoms with Gasteiger partial charge in [0.1, 0.15) is 55.9 Å². The molecule has 4 aromatic rings. The summed E-state index contributed by atoms with van der Waals surface area (Å²) in [6, 6.07) is 36.0. The van der Waals surface area contributed by atoms with Gasteiger partial charge in [0, 0.05) is 5.56 Å². The minimum atomic E-state index is -1.61. The van der Waals surface area contributed by atoms with Gasteiger partial charge in [-0.05, 0) is 23.3 Å². The largest absolute Gasteiger partial charge is 0.508 e. The molecule has 14 nitrogen and oxygen atoms in total. The van der Waals surface area contributed by atoms with Gasteiger partial charge in [-0.25, -0.2) is 9.59 Å². The van der Waals surface area contributed by atoms with E-state index in [0.29, 0.717) is 0 Å². The van der Waals surface area contributed by atoms with Crippen LogP contribution in [0.15, 0.2) is 134 Å². The minimum absolute atomic E-state index is 0.0196. The lowest BCUT2D eigenvalue weighted by Gasteiger charge is -2.50. The summed E-state index contributed by atoms with van der Waals surface area (Å²) < 4.78 is 60.5. The zero-order valence-electron chi connectivity index (χ0n) is 31.5. The Bertz CT molecular complexity index is 1880. The summed E-state index contributed by atoms with van der Waals surface area (Å²) >= 11 is 0. The molecule has 1 unspecified atom stereocenters. The molecule has 7 rings (SSSR count). The lowest BCUT2D eigenvalue weighted by Crippen LogP contribution is -2.67. The molecule has 4 aromatic carbocycles. The highest BCUT2D eigenvalue weighted by atomic mass is 16.8. The average Bonchev–Trinajstić information content (AvgIpc) is 3.27. The molecule has 0 radical (unpaired) electrons. The van der Waals surface area contributed by atoms with Crippen molar-refractivity contribution in [3.8, 4) is 0 Å². The maximum Gasteiger partial charge on any atom is 0.508 e. The number of aliphatic hydroxyl groups is 2. The van der Waals surface area contributed by atoms with Crippen molar-refractivity contribution in [3.63, 3.8) is 0 Å². The van der Waals surface area contributed by atoms with Crippen LogP contribution in [0.2, 0.25) is 0 Å². The molecular formula is C44H46O14. The summed E-state index contributed by atoms with van der Waals surface area (Å²) in [4.78, 5) is 26.1. The van der Waals surface area contributed by atoms with Gasteiger partial charge in [0.15, 0.2) is 25.0 Å². The number of esters is 1. The normalized spacial score (nSPS) is 29.4. The highest BCUT2D eigenvalue weighted by molar-refractivity contribution is 5.89. The molecule has 0 aromatic heterocycles. The summed E-state index contributed by atoms with van der Waals surface area (Å²) in [5.74, 6) is -0.785. The summed E-state index contributed by atoms with van der Waals surface area (Å²) in [5.41, 5.74) is 2.53. The minimum Gasteiger partial charge on any atom is -0.450 e. The number of carbonyl (C=O) groups excluding carboxylic acids is 2. The Labute approximate surface area is 335 Å². The first-order valence-corrected chi connectivity index (χ1v) is 19.0. The van der Waals surface area contributed by atoms with Crippen molar-refractivity contribution in [3.05, 3.63) is 156 Å². The van der Waals surface area contributed by atoms with Gasteiger partial charge in [-0.15, -0.1) is 0 Å². The van der Waals surface area contributed by atoms with E-state index in [4.69, 9.17) is 47.4 Å². The molecular weight excluding hydrogens is 752 g/mol. The van der Waals surface area contributed by atoms with E-state index in [0.717, 1.165) is 16.7 Å². The van der Waals surface area contributed by atoms with Crippen LogP contribution >= 0.6 is 0 Å². The molecule has 14 heteroatoms. The Kier molecular flexibility index (Phi) is 14.3. The van der Waals surface area contributed by atoms with Crippen molar-refractivity contribution in [2.24, 2.45) is 0 Å². The monoisotopic (exact) mass is 798 g/mol. The third-order valence-corrected chi connectivity index (χ3v) is 9.77. The van der Waals surface area contributed by atoms with Crippen LogP contribution in [0.3, 0.4) is 0 Å². The summed E-state index contributed by atoms with van der Waals surface area (Å²) in [5, 5.41) is 24.1. The third-order valence-electron chi connectivity index (χ3n) is 9.77. The van der Waals surface area contributed by atoms with E-state index in [1.165, 1.54) is 6.08 Å². The Morgan fingerprint density at radius 3 is 1.97 bits per heavy atom. The second-order valence-electron chi connectivity index (χ2n) is 13.8. The van der Waals surface area contributed by atoms with Crippen molar-refractivity contribution in [2.75, 3.05) is 19.8 Å². The fraction of sp³-hybridized carbons (Fsp3) is 0.364. The standard InChI is InChI=1S/C44H46O14/c1-2-23-49-44(48)53-27-32-36(50-24-28-15-7-3-8-16-28)34(45)39(56-40(47)30-19-11-5-12-20-30)43(55-32)58-38-35(46)42(51-25-29-17-9-4-10-18-29)54-33-26-52-41(57-37(33)38)31-21-13-6-14-22-31/h2-22,32-39,41-43,45-46H,1,23-27H2/t32-,33-,34+,35-,36-,37-,38-,39-,41?,42-,43+/m1/s1. The molecule has 3 aliphatic heterocycles. The van der Waals surface area contributed by atoms with Crippen molar-refractivity contribution >= 4 is 12.1 Å². The number of hydrogen-bond donors (Lipinski definition) is 2. The second-order valence-corrected chi connectivity index (χ2v) is 13.8. The zero-order valence-corrected chi connectivity index (χ0v) is 31.5. The van der Waals surface area contributed by atoms with E-state index in [2.05, 4.69) is 6.58 Å². The molecule has 3 heterocycles. The molecule has 0 amide bonds. The van der Waals surface area contributed by atoms with E-state index < -0.39 is 86.4 Å². The number of benzene rings is 4. The average molecular weight is 799 g/mol. The Balaban J connectivity index is 1.20. The lowest BCUT2D eigenvalue weighted by molar-refractivity contribution is -0.394. The topological polar surface area (TPSA) is 167 Å². The molecule has 306 valence electrons. The maximum atomic E-state index is 13.6. The van der Waals surface area contributed by atoms with Crippen LogP contribution in [0.4, 0.5) is 4.79 Å². The quantitative estimate of drug-likeness (QED) is 0.122. The summed E-state index contributed by atoms with van der Waals surface area (Å²) in [7, 11) is 0. The van der Waals surface area contributed by atoms with Crippen LogP contribution in [-0.2, 0) is 60.6 Å². The Hall–Kier alpha value is -5.00. The fourth-order valence-electron chi connectivity index (χ4n) is 6.86. The van der Waals surface area contributed by atoms with Gasteiger partial charge < -0.3 is 57.6 Å². The highest BCUT2D eigenvalue weighted by Crippen LogP contribution is 2.38. The second kappa shape index (κ2) is 20.1. The summed E-state index contributed by atoms with van der Waals surface area (Å²) in [6.07, 6.45) is -13.4. The number of hydrogen-bond acceptors (Lipinski definition) is 14. The van der Waals surface area contributed by atoms with Gasteiger partial charge in [-0.2, -0.15) is 0 Å². The smallest absolute Gasteiger partial charge is 0.450 e. The van der Waals surface area contributed by atoms with Gasteiger partial charge >= 0.3 is 12.1 Å². The Morgan fingerprint density at radius 1 is 0.690 bits per heavy atom. The van der Waals surface area contributed by atoms with E-state index in [-0.39, 0.29) is 32.0 Å². The predicted molar refractivity (Wildman–Crippen MR) is 204 cm³/mol. The van der Waals surface area contributed by atoms with Crippen LogP contribution in [0.5, 0.6) is 0 Å². The number of fused-ring (bicyclic) bond motifs is 1. The van der Waals surface area contributed by atoms with Crippen LogP contribution < -0.4 is 0 Å². The predicted octanol–water partition coefficient (Wildman–Crippen LogP) is 5.02. The van der Waals surface area contributed by atoms with E-state index in [1.54, 1.807) is 30.3 Å². The Morgan fingerprint density at radius 2 is 1.31 bits per heavy atom. The van der Waals surface area contributed by atoms with Crippen LogP contribution in [0.25, 0.3) is 0 Å². The zero-order chi connectivity index (χ0) is 40.3. The van der Waals surface area contributed by atoms with Crippen molar-refractivity contribution < 1.29 is 67.2 Å². The molecule has 2 N–H and O–H groups in total. The van der Waals surface area contributed by atoms with Crippen molar-refractivity contribution in [1.29, 1.82) is 0 Å². The molecule has 11 atom stereocenters. The maximum absolute atomic E-state index is 13.6. The molecule has 0 saturated carbocycles. The van der Waals surface area contributed by atoms with E-state index in [9.17, 15) is 19.8 Å². The van der Waals surface area contributed by atoms with Gasteiger partial charge in [0.25, 0.3) is 0 Å². The van der Waals surface area contributed by atoms with Crippen molar-refractivity contribution in [1.82, 2.24) is 0 Å². The highest BCUT2D eigenvalue weighted by Gasteiger charge is 2.55. The SMILES string of the molecule is C=CCOC(=O)OC[C@H]1O[C@@H](O[C@@H]2[C@@H](O)[C@H](OCc3ccccc3)O[C@@H]3COC(c4ccccc4)O[C@@H]23)[C@H](OC(=O)c2ccccc2)[C@@H](O)[C@@H]1OCc1ccccc1. The number of aliphatic hydroxyl groups excluding tert-OH is 2. The van der Waals surface area contributed by atoms with Gasteiger partial charge in [0.05, 0.1) is 25.4 Å². The van der Waals surface area contributed by atoms with Gasteiger partial charge in [-0.3, -0.25) is 0 Å². The molecule has 0 bridgehead atoms. The van der Waals surface area contributed by atoms with Crippen LogP contribution in [-0.4, -0.2) is 104 Å². The summed E-state index contributed by atoms with van der Waals surface area (Å²) in [6.45, 7) is 3.14. The molecule has 3 fully saturated rings. The first-order valence-electron chi connectivity index (χ1n) is 19.0. The van der Waals surface area contributed by atoms with E-state index in [1.807, 2.05) is 91.0 Å².